The lowest BCUT2D eigenvalue weighted by atomic mass is 9.93. The molecule has 3 nitrogen and oxygen atoms in total. The minimum Gasteiger partial charge on any atom is -0.467 e. The van der Waals surface area contributed by atoms with E-state index >= 15 is 0 Å². The number of rotatable bonds is 1. The molecular weight excluding hydrogens is 388 g/mol. The molecular formula is C22H19BrN2O. The number of nitrogens with zero attached hydrogens (tertiary/aromatic N) is 2. The first-order chi connectivity index (χ1) is 12.5. The number of fused-ring (bicyclic) bond motifs is 4. The summed E-state index contributed by atoms with van der Waals surface area (Å²) in [7, 11) is 0. The van der Waals surface area contributed by atoms with Crippen LogP contribution >= 0.6 is 15.9 Å². The summed E-state index contributed by atoms with van der Waals surface area (Å²) in [6.45, 7) is 4.17. The molecule has 0 N–H and O–H groups in total. The van der Waals surface area contributed by atoms with Crippen LogP contribution in [0, 0.1) is 0 Å². The maximum absolute atomic E-state index is 6.26. The summed E-state index contributed by atoms with van der Waals surface area (Å²) < 4.78 is 7.33. The highest BCUT2D eigenvalue weighted by Gasteiger charge is 2.45. The highest BCUT2D eigenvalue weighted by Crippen LogP contribution is 2.47. The largest absolute Gasteiger partial charge is 0.467 e. The summed E-state index contributed by atoms with van der Waals surface area (Å²) in [5, 5.41) is 9.64. The van der Waals surface area contributed by atoms with Gasteiger partial charge in [0.05, 0.1) is 11.8 Å². The zero-order valence-corrected chi connectivity index (χ0v) is 16.3. The van der Waals surface area contributed by atoms with Gasteiger partial charge in [0, 0.05) is 22.0 Å². The highest BCUT2D eigenvalue weighted by atomic mass is 79.9. The van der Waals surface area contributed by atoms with Crippen molar-refractivity contribution in [2.75, 3.05) is 0 Å². The Kier molecular flexibility index (Phi) is 3.41. The minimum absolute atomic E-state index is 0.195. The Hall–Kier alpha value is -2.33. The third kappa shape index (κ3) is 2.36. The van der Waals surface area contributed by atoms with E-state index in [1.807, 2.05) is 6.07 Å². The molecule has 0 radical (unpaired) electrons. The average molecular weight is 407 g/mol. The summed E-state index contributed by atoms with van der Waals surface area (Å²) in [6.07, 6.45) is 0.879. The van der Waals surface area contributed by atoms with Gasteiger partial charge in [-0.15, -0.1) is 0 Å². The van der Waals surface area contributed by atoms with Gasteiger partial charge in [0.25, 0.3) is 0 Å². The van der Waals surface area contributed by atoms with Crippen molar-refractivity contribution in [3.05, 3.63) is 76.3 Å². The van der Waals surface area contributed by atoms with Crippen LogP contribution in [0.2, 0.25) is 0 Å². The molecule has 5 rings (SSSR count). The molecule has 1 atom stereocenters. The van der Waals surface area contributed by atoms with Gasteiger partial charge >= 0.3 is 0 Å². The predicted octanol–water partition coefficient (Wildman–Crippen LogP) is 5.88. The monoisotopic (exact) mass is 406 g/mol. The van der Waals surface area contributed by atoms with E-state index in [4.69, 9.17) is 9.84 Å². The Morgan fingerprint density at radius 2 is 1.88 bits per heavy atom. The zero-order chi connectivity index (χ0) is 17.9. The Morgan fingerprint density at radius 1 is 1.08 bits per heavy atom. The molecule has 2 heterocycles. The SMILES string of the molecule is CC1(C)Oc2ccc(Br)cc2[C@H]2CC(c3cccc4ccccc34)=NN21. The van der Waals surface area contributed by atoms with Gasteiger partial charge < -0.3 is 4.74 Å². The number of ether oxygens (including phenoxy) is 1. The fourth-order valence-corrected chi connectivity index (χ4v) is 4.46. The van der Waals surface area contributed by atoms with Crippen LogP contribution in [-0.4, -0.2) is 16.4 Å². The number of hydrogen-bond acceptors (Lipinski definition) is 3. The van der Waals surface area contributed by atoms with Gasteiger partial charge in [-0.25, -0.2) is 5.01 Å². The first-order valence-corrected chi connectivity index (χ1v) is 9.66. The predicted molar refractivity (Wildman–Crippen MR) is 109 cm³/mol. The van der Waals surface area contributed by atoms with E-state index in [0.717, 1.165) is 22.4 Å². The van der Waals surface area contributed by atoms with Crippen LogP contribution in [-0.2, 0) is 0 Å². The molecule has 0 fully saturated rings. The van der Waals surface area contributed by atoms with Crippen molar-refractivity contribution in [2.45, 2.75) is 32.0 Å². The minimum atomic E-state index is -0.474. The molecule has 130 valence electrons. The van der Waals surface area contributed by atoms with E-state index in [0.29, 0.717) is 0 Å². The van der Waals surface area contributed by atoms with Gasteiger partial charge in [-0.1, -0.05) is 58.4 Å². The van der Waals surface area contributed by atoms with Crippen LogP contribution in [0.1, 0.15) is 37.4 Å². The van der Waals surface area contributed by atoms with E-state index in [2.05, 4.69) is 89.4 Å². The Balaban J connectivity index is 1.64. The summed E-state index contributed by atoms with van der Waals surface area (Å²) in [4.78, 5) is 0. The Morgan fingerprint density at radius 3 is 2.77 bits per heavy atom. The summed E-state index contributed by atoms with van der Waals surface area (Å²) in [5.41, 5.74) is 3.05. The van der Waals surface area contributed by atoms with Crippen molar-refractivity contribution in [3.63, 3.8) is 0 Å². The van der Waals surface area contributed by atoms with Crippen LogP contribution in [0.4, 0.5) is 0 Å². The molecule has 0 spiro atoms. The molecule has 0 amide bonds. The van der Waals surface area contributed by atoms with Gasteiger partial charge in [0.1, 0.15) is 5.75 Å². The molecule has 0 aromatic heterocycles. The number of hydrogen-bond donors (Lipinski definition) is 0. The summed E-state index contributed by atoms with van der Waals surface area (Å²) in [6, 6.07) is 21.4. The van der Waals surface area contributed by atoms with Crippen molar-refractivity contribution < 1.29 is 4.74 Å². The molecule has 0 unspecified atom stereocenters. The molecule has 26 heavy (non-hydrogen) atoms. The van der Waals surface area contributed by atoms with Crippen molar-refractivity contribution in [1.82, 2.24) is 5.01 Å². The van der Waals surface area contributed by atoms with E-state index in [-0.39, 0.29) is 6.04 Å². The van der Waals surface area contributed by atoms with Gasteiger partial charge in [-0.2, -0.15) is 5.10 Å². The molecule has 0 bridgehead atoms. The molecule has 2 aliphatic rings. The maximum atomic E-state index is 6.26. The van der Waals surface area contributed by atoms with Crippen LogP contribution in [0.25, 0.3) is 10.8 Å². The van der Waals surface area contributed by atoms with Crippen molar-refractivity contribution in [3.8, 4) is 5.75 Å². The molecule has 0 aliphatic carbocycles. The number of benzene rings is 3. The lowest BCUT2D eigenvalue weighted by molar-refractivity contribution is -0.0911. The molecule has 0 saturated carbocycles. The van der Waals surface area contributed by atoms with Crippen molar-refractivity contribution in [1.29, 1.82) is 0 Å². The Bertz CT molecular complexity index is 1050. The standard InChI is InChI=1S/C22H19BrN2O/c1-22(2)25-20(18-12-15(23)10-11-21(18)26-22)13-19(24-25)17-9-5-7-14-6-3-4-8-16(14)17/h3-12,20H,13H2,1-2H3/t20-/m1/s1. The highest BCUT2D eigenvalue weighted by molar-refractivity contribution is 9.10. The molecule has 3 aromatic carbocycles. The molecule has 0 saturated heterocycles. The quantitative estimate of drug-likeness (QED) is 0.503. The van der Waals surface area contributed by atoms with Gasteiger partial charge in [0.2, 0.25) is 0 Å². The zero-order valence-electron chi connectivity index (χ0n) is 14.7. The second kappa shape index (κ2) is 5.58. The number of hydrazone groups is 1. The second-order valence-corrected chi connectivity index (χ2v) is 8.28. The van der Waals surface area contributed by atoms with Gasteiger partial charge in [0.15, 0.2) is 5.72 Å². The summed E-state index contributed by atoms with van der Waals surface area (Å²) >= 11 is 3.60. The number of halogens is 1. The van der Waals surface area contributed by atoms with E-state index in [1.165, 1.54) is 21.9 Å². The second-order valence-electron chi connectivity index (χ2n) is 7.37. The van der Waals surface area contributed by atoms with E-state index < -0.39 is 5.72 Å². The van der Waals surface area contributed by atoms with Crippen LogP contribution < -0.4 is 4.74 Å². The normalized spacial score (nSPS) is 20.3. The van der Waals surface area contributed by atoms with Gasteiger partial charge in [-0.05, 0) is 42.8 Å². The van der Waals surface area contributed by atoms with Crippen LogP contribution in [0.3, 0.4) is 0 Å². The lowest BCUT2D eigenvalue weighted by Gasteiger charge is -2.43. The third-order valence-electron chi connectivity index (χ3n) is 5.25. The lowest BCUT2D eigenvalue weighted by Crippen LogP contribution is -2.48. The first kappa shape index (κ1) is 15.9. The molecule has 2 aliphatic heterocycles. The smallest absolute Gasteiger partial charge is 0.192 e. The van der Waals surface area contributed by atoms with Crippen LogP contribution in [0.15, 0.2) is 70.2 Å². The first-order valence-electron chi connectivity index (χ1n) is 8.86. The topological polar surface area (TPSA) is 24.8 Å². The fraction of sp³-hybridized carbons (Fsp3) is 0.227. The van der Waals surface area contributed by atoms with Crippen molar-refractivity contribution >= 4 is 32.4 Å². The van der Waals surface area contributed by atoms with Crippen LogP contribution in [0.5, 0.6) is 5.75 Å². The summed E-state index contributed by atoms with van der Waals surface area (Å²) in [5.74, 6) is 0.953. The maximum Gasteiger partial charge on any atom is 0.192 e. The van der Waals surface area contributed by atoms with Gasteiger partial charge in [-0.3, -0.25) is 0 Å². The fourth-order valence-electron chi connectivity index (χ4n) is 4.08. The van der Waals surface area contributed by atoms with Crippen molar-refractivity contribution in [2.24, 2.45) is 5.10 Å². The van der Waals surface area contributed by atoms with E-state index in [1.54, 1.807) is 0 Å². The molecule has 4 heteroatoms. The third-order valence-corrected chi connectivity index (χ3v) is 5.75. The average Bonchev–Trinajstić information content (AvgIpc) is 3.09. The van der Waals surface area contributed by atoms with E-state index in [9.17, 15) is 0 Å². The molecule has 3 aromatic rings. The Labute approximate surface area is 161 Å².